The lowest BCUT2D eigenvalue weighted by Crippen LogP contribution is -2.44. The van der Waals surface area contributed by atoms with Crippen molar-refractivity contribution in [1.29, 1.82) is 0 Å². The molecule has 0 aliphatic rings. The van der Waals surface area contributed by atoms with E-state index in [-0.39, 0.29) is 17.9 Å². The van der Waals surface area contributed by atoms with Gasteiger partial charge in [-0.1, -0.05) is 36.4 Å². The maximum absolute atomic E-state index is 12.2. The van der Waals surface area contributed by atoms with Crippen molar-refractivity contribution < 1.29 is 28.7 Å². The van der Waals surface area contributed by atoms with Crippen molar-refractivity contribution in [2.45, 2.75) is 52.9 Å². The van der Waals surface area contributed by atoms with E-state index < -0.39 is 24.4 Å². The number of ether oxygens (including phenoxy) is 2. The molecule has 2 rings (SSSR count). The van der Waals surface area contributed by atoms with Crippen LogP contribution in [0, 0.1) is 0 Å². The van der Waals surface area contributed by atoms with Gasteiger partial charge in [-0.3, -0.25) is 14.9 Å². The number of nitrogens with zero attached hydrogens (tertiary/aromatic N) is 1. The van der Waals surface area contributed by atoms with Gasteiger partial charge in [0.2, 0.25) is 0 Å². The predicted octanol–water partition coefficient (Wildman–Crippen LogP) is 3.67. The molecule has 4 amide bonds. The van der Waals surface area contributed by atoms with Gasteiger partial charge in [-0.25, -0.2) is 9.59 Å². The van der Waals surface area contributed by atoms with Crippen LogP contribution in [0.25, 0.3) is 0 Å². The molecule has 0 radical (unpaired) electrons. The van der Waals surface area contributed by atoms with Crippen LogP contribution in [-0.2, 0) is 19.1 Å². The fourth-order valence-electron chi connectivity index (χ4n) is 2.89. The van der Waals surface area contributed by atoms with Crippen LogP contribution in [0.2, 0.25) is 0 Å². The second-order valence-corrected chi connectivity index (χ2v) is 7.65. The van der Waals surface area contributed by atoms with E-state index in [1.807, 2.05) is 50.2 Å². The molecule has 0 saturated carbocycles. The van der Waals surface area contributed by atoms with Crippen molar-refractivity contribution >= 4 is 35.4 Å². The van der Waals surface area contributed by atoms with E-state index in [9.17, 15) is 19.2 Å². The van der Waals surface area contributed by atoms with Crippen LogP contribution < -0.4 is 21.3 Å². The highest BCUT2D eigenvalue weighted by Crippen LogP contribution is 2.18. The first-order valence-corrected chi connectivity index (χ1v) is 11.2. The van der Waals surface area contributed by atoms with E-state index in [0.717, 1.165) is 5.69 Å². The number of likely N-dealkylation sites (N-methyl/N-ethyl adjacent to an activating group) is 1. The van der Waals surface area contributed by atoms with Crippen molar-refractivity contribution in [2.75, 3.05) is 16.8 Å². The van der Waals surface area contributed by atoms with Crippen LogP contribution in [0.4, 0.5) is 21.0 Å². The standard InChI is InChI=1S/C13H18N2O3.C12H16N2O3/c1-9(2)15(11-7-5-4-6-8-11)12(16)10(3)18-13(14)17;1-3-13-11(15)9(2)17-12(16)14-10-7-5-4-6-8-10/h4-10H,1-3H3,(H2,14,17);4-9H,3H2,1-2H3,(H,13,15)(H,14,16). The number of anilines is 2. The van der Waals surface area contributed by atoms with Crippen LogP contribution >= 0.6 is 0 Å². The third kappa shape index (κ3) is 10.6. The smallest absolute Gasteiger partial charge is 0.412 e. The lowest BCUT2D eigenvalue weighted by molar-refractivity contribution is -0.128. The number of carbonyl (C=O) groups is 4. The zero-order valence-corrected chi connectivity index (χ0v) is 20.7. The number of para-hydroxylation sites is 2. The van der Waals surface area contributed by atoms with E-state index in [1.54, 1.807) is 36.1 Å². The number of hydrogen-bond acceptors (Lipinski definition) is 6. The van der Waals surface area contributed by atoms with Crippen LogP contribution in [0.3, 0.4) is 0 Å². The van der Waals surface area contributed by atoms with Gasteiger partial charge in [0.25, 0.3) is 11.8 Å². The van der Waals surface area contributed by atoms with Gasteiger partial charge in [0.15, 0.2) is 12.2 Å². The Morgan fingerprint density at radius 3 is 1.89 bits per heavy atom. The molecule has 0 aromatic heterocycles. The summed E-state index contributed by atoms with van der Waals surface area (Å²) in [6.45, 7) is 9.12. The number of amides is 4. The van der Waals surface area contributed by atoms with E-state index in [4.69, 9.17) is 15.2 Å². The van der Waals surface area contributed by atoms with Gasteiger partial charge >= 0.3 is 12.2 Å². The zero-order chi connectivity index (χ0) is 26.4. The van der Waals surface area contributed by atoms with Crippen LogP contribution in [0.5, 0.6) is 0 Å². The Hall–Kier alpha value is -4.08. The Balaban J connectivity index is 0.000000351. The molecule has 10 nitrogen and oxygen atoms in total. The fraction of sp³-hybridized carbons (Fsp3) is 0.360. The summed E-state index contributed by atoms with van der Waals surface area (Å²) in [5, 5.41) is 5.10. The number of primary amides is 1. The topological polar surface area (TPSA) is 140 Å². The Morgan fingerprint density at radius 1 is 0.857 bits per heavy atom. The molecule has 10 heteroatoms. The SMILES string of the molecule is CC(OC(N)=O)C(=O)N(c1ccccc1)C(C)C.CCNC(=O)C(C)OC(=O)Nc1ccccc1. The monoisotopic (exact) mass is 486 g/mol. The minimum absolute atomic E-state index is 0.0428. The molecule has 35 heavy (non-hydrogen) atoms. The summed E-state index contributed by atoms with van der Waals surface area (Å²) in [5.74, 6) is -0.606. The first kappa shape index (κ1) is 29.0. The molecule has 2 aromatic rings. The average Bonchev–Trinajstić information content (AvgIpc) is 2.80. The van der Waals surface area contributed by atoms with E-state index in [0.29, 0.717) is 12.2 Å². The summed E-state index contributed by atoms with van der Waals surface area (Å²) in [7, 11) is 0. The molecular weight excluding hydrogens is 452 g/mol. The molecular formula is C25H34N4O6. The van der Waals surface area contributed by atoms with E-state index >= 15 is 0 Å². The predicted molar refractivity (Wildman–Crippen MR) is 134 cm³/mol. The second-order valence-electron chi connectivity index (χ2n) is 7.65. The van der Waals surface area contributed by atoms with Gasteiger partial charge in [-0.2, -0.15) is 0 Å². The van der Waals surface area contributed by atoms with Gasteiger partial charge in [0.05, 0.1) is 0 Å². The van der Waals surface area contributed by atoms with Crippen LogP contribution in [0.15, 0.2) is 60.7 Å². The zero-order valence-electron chi connectivity index (χ0n) is 20.7. The normalized spacial score (nSPS) is 11.7. The fourth-order valence-corrected chi connectivity index (χ4v) is 2.89. The second kappa shape index (κ2) is 14.9. The summed E-state index contributed by atoms with van der Waals surface area (Å²) in [6.07, 6.45) is -3.30. The van der Waals surface area contributed by atoms with E-state index in [1.165, 1.54) is 13.8 Å². The highest BCUT2D eigenvalue weighted by molar-refractivity contribution is 5.97. The molecule has 2 aromatic carbocycles. The lowest BCUT2D eigenvalue weighted by atomic mass is 10.2. The molecule has 0 heterocycles. The minimum atomic E-state index is -0.951. The number of rotatable bonds is 8. The van der Waals surface area contributed by atoms with Crippen molar-refractivity contribution in [2.24, 2.45) is 5.73 Å². The molecule has 0 fully saturated rings. The molecule has 0 bridgehead atoms. The largest absolute Gasteiger partial charge is 0.437 e. The Kier molecular flexibility index (Phi) is 12.4. The Bertz CT molecular complexity index is 953. The quantitative estimate of drug-likeness (QED) is 0.520. The number of benzene rings is 2. The number of carbonyl (C=O) groups excluding carboxylic acids is 4. The Labute approximate surface area is 205 Å². The molecule has 0 aliphatic carbocycles. The summed E-state index contributed by atoms with van der Waals surface area (Å²) < 4.78 is 9.62. The summed E-state index contributed by atoms with van der Waals surface area (Å²) in [6, 6.07) is 18.1. The van der Waals surface area contributed by atoms with E-state index in [2.05, 4.69) is 10.6 Å². The molecule has 0 aliphatic heterocycles. The lowest BCUT2D eigenvalue weighted by Gasteiger charge is -2.29. The van der Waals surface area contributed by atoms with Crippen LogP contribution in [0.1, 0.15) is 34.6 Å². The molecule has 2 unspecified atom stereocenters. The molecule has 4 N–H and O–H groups in total. The van der Waals surface area contributed by atoms with Crippen molar-refractivity contribution in [3.05, 3.63) is 60.7 Å². The van der Waals surface area contributed by atoms with Gasteiger partial charge in [0.1, 0.15) is 0 Å². The summed E-state index contributed by atoms with van der Waals surface area (Å²) >= 11 is 0. The van der Waals surface area contributed by atoms with Crippen molar-refractivity contribution in [3.8, 4) is 0 Å². The number of nitrogens with one attached hydrogen (secondary N) is 2. The van der Waals surface area contributed by atoms with Crippen molar-refractivity contribution in [3.63, 3.8) is 0 Å². The molecule has 0 saturated heterocycles. The van der Waals surface area contributed by atoms with Gasteiger partial charge in [0, 0.05) is 24.0 Å². The number of nitrogens with two attached hydrogens (primary N) is 1. The highest BCUT2D eigenvalue weighted by atomic mass is 16.6. The maximum Gasteiger partial charge on any atom is 0.412 e. The van der Waals surface area contributed by atoms with Gasteiger partial charge < -0.3 is 25.4 Å². The maximum atomic E-state index is 12.2. The van der Waals surface area contributed by atoms with Crippen LogP contribution in [-0.4, -0.2) is 48.8 Å². The average molecular weight is 487 g/mol. The minimum Gasteiger partial charge on any atom is -0.437 e. The first-order valence-electron chi connectivity index (χ1n) is 11.2. The third-order valence-corrected chi connectivity index (χ3v) is 4.45. The molecule has 2 atom stereocenters. The number of hydrogen-bond donors (Lipinski definition) is 3. The summed E-state index contributed by atoms with van der Waals surface area (Å²) in [5.41, 5.74) is 6.30. The Morgan fingerprint density at radius 2 is 1.40 bits per heavy atom. The van der Waals surface area contributed by atoms with Gasteiger partial charge in [-0.05, 0) is 58.9 Å². The third-order valence-electron chi connectivity index (χ3n) is 4.45. The highest BCUT2D eigenvalue weighted by Gasteiger charge is 2.26. The first-order chi connectivity index (χ1) is 16.6. The molecule has 0 spiro atoms. The van der Waals surface area contributed by atoms with Crippen molar-refractivity contribution in [1.82, 2.24) is 5.32 Å². The van der Waals surface area contributed by atoms with Gasteiger partial charge in [-0.15, -0.1) is 0 Å². The summed E-state index contributed by atoms with van der Waals surface area (Å²) in [4.78, 5) is 47.2. The molecule has 190 valence electrons.